The fourth-order valence-corrected chi connectivity index (χ4v) is 3.19. The smallest absolute Gasteiger partial charge is 0.335 e. The summed E-state index contributed by atoms with van der Waals surface area (Å²) in [4.78, 5) is 29.3. The van der Waals surface area contributed by atoms with Gasteiger partial charge >= 0.3 is 5.97 Å². The number of carboxylic acid groups (broad SMARTS) is 1. The molecule has 2 N–H and O–H groups in total. The molecule has 0 aliphatic heterocycles. The second kappa shape index (κ2) is 6.82. The van der Waals surface area contributed by atoms with Gasteiger partial charge in [0.1, 0.15) is 11.4 Å². The van der Waals surface area contributed by atoms with Gasteiger partial charge in [0.25, 0.3) is 5.91 Å². The normalized spacial score (nSPS) is 10.7. The van der Waals surface area contributed by atoms with E-state index in [1.54, 1.807) is 6.07 Å². The molecule has 0 bridgehead atoms. The molecule has 0 aliphatic rings. The Hall–Kier alpha value is -2.83. The molecule has 8 heteroatoms. The Morgan fingerprint density at radius 3 is 2.46 bits per heavy atom. The summed E-state index contributed by atoms with van der Waals surface area (Å²) in [5.41, 5.74) is 0.384. The lowest BCUT2D eigenvalue weighted by Gasteiger charge is -2.20. The molecular formula is C18H12Cl2N2O4. The van der Waals surface area contributed by atoms with Crippen LogP contribution in [0.25, 0.3) is 10.8 Å². The van der Waals surface area contributed by atoms with E-state index in [0.29, 0.717) is 21.5 Å². The van der Waals surface area contributed by atoms with Crippen molar-refractivity contribution < 1.29 is 19.8 Å². The van der Waals surface area contributed by atoms with Crippen LogP contribution in [0, 0.1) is 0 Å². The first-order valence-electron chi connectivity index (χ1n) is 7.37. The minimum atomic E-state index is -1.15. The number of aromatic carboxylic acids is 1. The Morgan fingerprint density at radius 1 is 1.12 bits per heavy atom. The second-order valence-electron chi connectivity index (χ2n) is 5.55. The molecule has 0 saturated heterocycles. The molecule has 0 fully saturated rings. The summed E-state index contributed by atoms with van der Waals surface area (Å²) in [7, 11) is 1.49. The Morgan fingerprint density at radius 2 is 1.85 bits per heavy atom. The number of hydrogen-bond acceptors (Lipinski definition) is 4. The zero-order valence-electron chi connectivity index (χ0n) is 13.4. The predicted octanol–water partition coefficient (Wildman–Crippen LogP) is 4.22. The predicted molar refractivity (Wildman–Crippen MR) is 99.6 cm³/mol. The van der Waals surface area contributed by atoms with Crippen LogP contribution in [0.15, 0.2) is 42.6 Å². The minimum Gasteiger partial charge on any atom is -0.506 e. The topological polar surface area (TPSA) is 90.7 Å². The van der Waals surface area contributed by atoms with Gasteiger partial charge in [0, 0.05) is 17.5 Å². The van der Waals surface area contributed by atoms with Crippen LogP contribution in [0.2, 0.25) is 10.0 Å². The first kappa shape index (κ1) is 18.0. The quantitative estimate of drug-likeness (QED) is 0.698. The van der Waals surface area contributed by atoms with Crippen molar-refractivity contribution >= 4 is 51.5 Å². The number of carboxylic acids is 1. The van der Waals surface area contributed by atoms with Gasteiger partial charge in [-0.2, -0.15) is 0 Å². The van der Waals surface area contributed by atoms with Crippen molar-refractivity contribution in [3.8, 4) is 5.75 Å². The van der Waals surface area contributed by atoms with Gasteiger partial charge in [-0.05, 0) is 41.8 Å². The molecule has 2 aromatic carbocycles. The van der Waals surface area contributed by atoms with Gasteiger partial charge in [-0.3, -0.25) is 4.79 Å². The maximum absolute atomic E-state index is 12.7. The van der Waals surface area contributed by atoms with E-state index < -0.39 is 11.9 Å². The third-order valence-corrected chi connectivity index (χ3v) is 4.34. The van der Waals surface area contributed by atoms with Crippen molar-refractivity contribution in [2.24, 2.45) is 0 Å². The minimum absolute atomic E-state index is 0.0100. The van der Waals surface area contributed by atoms with Gasteiger partial charge in [0.15, 0.2) is 0 Å². The first-order chi connectivity index (χ1) is 12.3. The molecule has 0 saturated carbocycles. The highest BCUT2D eigenvalue weighted by atomic mass is 35.5. The van der Waals surface area contributed by atoms with E-state index in [9.17, 15) is 19.8 Å². The molecule has 1 amide bonds. The number of pyridine rings is 1. The Balaban J connectivity index is 2.20. The van der Waals surface area contributed by atoms with Crippen LogP contribution >= 0.6 is 23.2 Å². The third-order valence-electron chi connectivity index (χ3n) is 3.82. The fourth-order valence-electron chi connectivity index (χ4n) is 2.59. The van der Waals surface area contributed by atoms with E-state index in [-0.39, 0.29) is 22.0 Å². The van der Waals surface area contributed by atoms with E-state index in [1.165, 1.54) is 42.3 Å². The number of aromatic nitrogens is 1. The molecule has 3 aromatic rings. The highest BCUT2D eigenvalue weighted by Crippen LogP contribution is 2.36. The zero-order chi connectivity index (χ0) is 19.0. The second-order valence-corrected chi connectivity index (χ2v) is 6.40. The largest absolute Gasteiger partial charge is 0.506 e. The molecule has 1 heterocycles. The molecule has 26 heavy (non-hydrogen) atoms. The Kier molecular flexibility index (Phi) is 4.71. The zero-order valence-corrected chi connectivity index (χ0v) is 14.9. The SMILES string of the molecule is CN(C(=O)c1ccc(O)cn1)c1cc(C(=O)O)cc2cc(Cl)cc(Cl)c12. The number of carbonyl (C=O) groups excluding carboxylic acids is 1. The highest BCUT2D eigenvalue weighted by molar-refractivity contribution is 6.40. The number of rotatable bonds is 3. The molecule has 0 atom stereocenters. The number of amides is 1. The van der Waals surface area contributed by atoms with E-state index in [4.69, 9.17) is 23.2 Å². The lowest BCUT2D eigenvalue weighted by atomic mass is 10.0. The van der Waals surface area contributed by atoms with Crippen LogP contribution in [0.4, 0.5) is 5.69 Å². The number of anilines is 1. The van der Waals surface area contributed by atoms with Gasteiger partial charge in [0.05, 0.1) is 22.5 Å². The Labute approximate surface area is 158 Å². The standard InChI is InChI=1S/C18H12Cl2N2O4/c1-22(17(24)14-3-2-12(23)8-21-14)15-6-10(18(25)26)4-9-5-11(19)7-13(20)16(9)15/h2-8,23H,1H3,(H,25,26). The molecule has 6 nitrogen and oxygen atoms in total. The van der Waals surface area contributed by atoms with Crippen molar-refractivity contribution in [3.05, 3.63) is 63.9 Å². The number of fused-ring (bicyclic) bond motifs is 1. The molecule has 0 radical (unpaired) electrons. The Bertz CT molecular complexity index is 1040. The van der Waals surface area contributed by atoms with E-state index in [1.807, 2.05) is 0 Å². The number of hydrogen-bond donors (Lipinski definition) is 2. The number of carbonyl (C=O) groups is 2. The fraction of sp³-hybridized carbons (Fsp3) is 0.0556. The lowest BCUT2D eigenvalue weighted by molar-refractivity contribution is 0.0696. The monoisotopic (exact) mass is 390 g/mol. The summed E-state index contributed by atoms with van der Waals surface area (Å²) in [6.07, 6.45) is 1.15. The summed E-state index contributed by atoms with van der Waals surface area (Å²) < 4.78 is 0. The summed E-state index contributed by atoms with van der Waals surface area (Å²) in [5.74, 6) is -1.70. The van der Waals surface area contributed by atoms with Crippen LogP contribution < -0.4 is 4.90 Å². The van der Waals surface area contributed by atoms with Crippen LogP contribution in [0.1, 0.15) is 20.8 Å². The van der Waals surface area contributed by atoms with Gasteiger partial charge in [-0.1, -0.05) is 23.2 Å². The van der Waals surface area contributed by atoms with Gasteiger partial charge < -0.3 is 15.1 Å². The number of halogens is 2. The van der Waals surface area contributed by atoms with Crippen molar-refractivity contribution in [2.75, 3.05) is 11.9 Å². The summed E-state index contributed by atoms with van der Waals surface area (Å²) >= 11 is 12.3. The van der Waals surface area contributed by atoms with Crippen LogP contribution in [0.3, 0.4) is 0 Å². The van der Waals surface area contributed by atoms with Gasteiger partial charge in [0.2, 0.25) is 0 Å². The van der Waals surface area contributed by atoms with Crippen molar-refractivity contribution in [3.63, 3.8) is 0 Å². The highest BCUT2D eigenvalue weighted by Gasteiger charge is 2.21. The average Bonchev–Trinajstić information content (AvgIpc) is 2.59. The summed E-state index contributed by atoms with van der Waals surface area (Å²) in [5, 5.41) is 20.3. The molecule has 1 aromatic heterocycles. The van der Waals surface area contributed by atoms with Gasteiger partial charge in [-0.25, -0.2) is 9.78 Å². The van der Waals surface area contributed by atoms with Crippen LogP contribution in [-0.2, 0) is 0 Å². The molecular weight excluding hydrogens is 379 g/mol. The summed E-state index contributed by atoms with van der Waals surface area (Å²) in [6.45, 7) is 0. The number of aromatic hydroxyl groups is 1. The molecule has 0 unspecified atom stereocenters. The van der Waals surface area contributed by atoms with Crippen molar-refractivity contribution in [2.45, 2.75) is 0 Å². The molecule has 3 rings (SSSR count). The molecule has 0 aliphatic carbocycles. The van der Waals surface area contributed by atoms with Gasteiger partial charge in [-0.15, -0.1) is 0 Å². The van der Waals surface area contributed by atoms with Crippen LogP contribution in [-0.4, -0.2) is 34.1 Å². The number of nitrogens with zero attached hydrogens (tertiary/aromatic N) is 2. The van der Waals surface area contributed by atoms with Crippen molar-refractivity contribution in [1.82, 2.24) is 4.98 Å². The van der Waals surface area contributed by atoms with Crippen molar-refractivity contribution in [1.29, 1.82) is 0 Å². The molecule has 0 spiro atoms. The molecule has 132 valence electrons. The first-order valence-corrected chi connectivity index (χ1v) is 8.12. The lowest BCUT2D eigenvalue weighted by Crippen LogP contribution is -2.27. The van der Waals surface area contributed by atoms with E-state index in [0.717, 1.165) is 6.20 Å². The van der Waals surface area contributed by atoms with E-state index >= 15 is 0 Å². The third kappa shape index (κ3) is 3.29. The maximum atomic E-state index is 12.7. The average molecular weight is 391 g/mol. The number of benzene rings is 2. The summed E-state index contributed by atoms with van der Waals surface area (Å²) in [6, 6.07) is 8.61. The van der Waals surface area contributed by atoms with Crippen LogP contribution in [0.5, 0.6) is 5.75 Å². The van der Waals surface area contributed by atoms with E-state index in [2.05, 4.69) is 4.98 Å². The maximum Gasteiger partial charge on any atom is 0.335 e.